The van der Waals surface area contributed by atoms with Crippen molar-refractivity contribution in [3.05, 3.63) is 70.1 Å². The Labute approximate surface area is 201 Å². The summed E-state index contributed by atoms with van der Waals surface area (Å²) in [5.74, 6) is -0.918. The second-order valence-corrected chi connectivity index (χ2v) is 8.73. The molecule has 0 unspecified atom stereocenters. The zero-order valence-corrected chi connectivity index (χ0v) is 19.5. The van der Waals surface area contributed by atoms with Crippen molar-refractivity contribution in [2.24, 2.45) is 0 Å². The predicted octanol–water partition coefficient (Wildman–Crippen LogP) is 3.25. The molecule has 0 aromatic heterocycles. The maximum atomic E-state index is 12.9. The summed E-state index contributed by atoms with van der Waals surface area (Å²) in [5, 5.41) is -0.494. The van der Waals surface area contributed by atoms with Gasteiger partial charge in [0, 0.05) is 18.7 Å². The van der Waals surface area contributed by atoms with Gasteiger partial charge in [0.1, 0.15) is 12.3 Å². The zero-order valence-electron chi connectivity index (χ0n) is 18.7. The number of carbonyl (C=O) groups excluding carboxylic acids is 4. The minimum absolute atomic E-state index is 0.189. The number of imide groups is 1. The highest BCUT2D eigenvalue weighted by atomic mass is 32.2. The maximum absolute atomic E-state index is 12.9. The first kappa shape index (κ1) is 23.6. The van der Waals surface area contributed by atoms with Crippen LogP contribution in [-0.2, 0) is 32.1 Å². The van der Waals surface area contributed by atoms with Gasteiger partial charge in [-0.05, 0) is 48.4 Å². The van der Waals surface area contributed by atoms with Crippen molar-refractivity contribution < 1.29 is 28.7 Å². The van der Waals surface area contributed by atoms with Crippen LogP contribution in [0, 0.1) is 0 Å². The monoisotopic (exact) mass is 480 g/mol. The predicted molar refractivity (Wildman–Crippen MR) is 127 cm³/mol. The summed E-state index contributed by atoms with van der Waals surface area (Å²) in [7, 11) is 0. The van der Waals surface area contributed by atoms with Gasteiger partial charge in [-0.2, -0.15) is 0 Å². The summed E-state index contributed by atoms with van der Waals surface area (Å²) < 4.78 is 10.4. The Hall–Kier alpha value is -3.59. The van der Waals surface area contributed by atoms with Crippen LogP contribution in [0.25, 0.3) is 6.08 Å². The number of para-hydroxylation sites is 1. The molecule has 2 aromatic rings. The minimum Gasteiger partial charge on any atom is -0.481 e. The summed E-state index contributed by atoms with van der Waals surface area (Å²) >= 11 is 0.776. The molecule has 0 aliphatic carbocycles. The lowest BCUT2D eigenvalue weighted by Crippen LogP contribution is -2.44. The highest BCUT2D eigenvalue weighted by molar-refractivity contribution is 8.18. The number of esters is 1. The average Bonchev–Trinajstić information content (AvgIpc) is 3.10. The van der Waals surface area contributed by atoms with Crippen molar-refractivity contribution >= 4 is 40.9 Å². The van der Waals surface area contributed by atoms with Gasteiger partial charge in [0.05, 0.1) is 11.5 Å². The SMILES string of the molecule is CCOC(=O)COc1ccccc1/C=C1\SC(=O)N(CC(=O)N2CCc3ccccc3C2)C1=O. The molecule has 1 saturated heterocycles. The molecule has 3 amide bonds. The number of amides is 3. The molecule has 9 heteroatoms. The van der Waals surface area contributed by atoms with E-state index < -0.39 is 17.1 Å². The number of carbonyl (C=O) groups is 4. The average molecular weight is 481 g/mol. The Morgan fingerprint density at radius 2 is 1.79 bits per heavy atom. The quantitative estimate of drug-likeness (QED) is 0.444. The molecule has 34 heavy (non-hydrogen) atoms. The van der Waals surface area contributed by atoms with Crippen molar-refractivity contribution in [3.8, 4) is 5.75 Å². The van der Waals surface area contributed by atoms with Crippen LogP contribution in [0.4, 0.5) is 4.79 Å². The van der Waals surface area contributed by atoms with E-state index in [2.05, 4.69) is 0 Å². The van der Waals surface area contributed by atoms with Gasteiger partial charge >= 0.3 is 5.97 Å². The van der Waals surface area contributed by atoms with Crippen molar-refractivity contribution in [2.75, 3.05) is 26.3 Å². The van der Waals surface area contributed by atoms with E-state index in [0.717, 1.165) is 28.6 Å². The van der Waals surface area contributed by atoms with Gasteiger partial charge in [-0.25, -0.2) is 4.79 Å². The third-order valence-electron chi connectivity index (χ3n) is 5.51. The third-order valence-corrected chi connectivity index (χ3v) is 6.41. The maximum Gasteiger partial charge on any atom is 0.344 e. The van der Waals surface area contributed by atoms with E-state index >= 15 is 0 Å². The Bertz CT molecular complexity index is 1160. The number of fused-ring (bicyclic) bond motifs is 1. The highest BCUT2D eigenvalue weighted by Gasteiger charge is 2.37. The molecule has 0 atom stereocenters. The molecule has 4 rings (SSSR count). The van der Waals surface area contributed by atoms with Crippen molar-refractivity contribution in [1.29, 1.82) is 0 Å². The van der Waals surface area contributed by atoms with Crippen molar-refractivity contribution in [1.82, 2.24) is 9.80 Å². The van der Waals surface area contributed by atoms with Gasteiger partial charge in [-0.1, -0.05) is 42.5 Å². The van der Waals surface area contributed by atoms with Gasteiger partial charge in [0.15, 0.2) is 6.61 Å². The second kappa shape index (κ2) is 10.6. The lowest BCUT2D eigenvalue weighted by molar-refractivity contribution is -0.145. The van der Waals surface area contributed by atoms with Crippen LogP contribution >= 0.6 is 11.8 Å². The van der Waals surface area contributed by atoms with Gasteiger partial charge in [-0.15, -0.1) is 0 Å². The molecule has 0 radical (unpaired) electrons. The lowest BCUT2D eigenvalue weighted by Gasteiger charge is -2.29. The smallest absolute Gasteiger partial charge is 0.344 e. The molecule has 2 aliphatic heterocycles. The van der Waals surface area contributed by atoms with E-state index in [1.807, 2.05) is 24.3 Å². The third kappa shape index (κ3) is 5.31. The minimum atomic E-state index is -0.527. The first-order valence-electron chi connectivity index (χ1n) is 10.9. The van der Waals surface area contributed by atoms with Gasteiger partial charge < -0.3 is 14.4 Å². The van der Waals surface area contributed by atoms with Crippen LogP contribution in [0.1, 0.15) is 23.6 Å². The fourth-order valence-electron chi connectivity index (χ4n) is 3.79. The number of rotatable bonds is 7. The van der Waals surface area contributed by atoms with Gasteiger partial charge in [0.25, 0.3) is 11.1 Å². The number of benzene rings is 2. The van der Waals surface area contributed by atoms with Crippen LogP contribution in [0.2, 0.25) is 0 Å². The molecule has 0 N–H and O–H groups in total. The van der Waals surface area contributed by atoms with Crippen LogP contribution in [0.3, 0.4) is 0 Å². The molecule has 0 bridgehead atoms. The van der Waals surface area contributed by atoms with E-state index in [1.54, 1.807) is 36.1 Å². The first-order chi connectivity index (χ1) is 16.5. The molecular weight excluding hydrogens is 456 g/mol. The van der Waals surface area contributed by atoms with E-state index in [0.29, 0.717) is 24.4 Å². The van der Waals surface area contributed by atoms with Crippen LogP contribution in [0.5, 0.6) is 5.75 Å². The van der Waals surface area contributed by atoms with E-state index in [4.69, 9.17) is 9.47 Å². The van der Waals surface area contributed by atoms with E-state index in [1.165, 1.54) is 11.6 Å². The molecule has 2 aliphatic rings. The van der Waals surface area contributed by atoms with Gasteiger partial charge in [0.2, 0.25) is 5.91 Å². The Morgan fingerprint density at radius 1 is 1.06 bits per heavy atom. The highest BCUT2D eigenvalue weighted by Crippen LogP contribution is 2.34. The molecule has 2 heterocycles. The molecule has 8 nitrogen and oxygen atoms in total. The number of ether oxygens (including phenoxy) is 2. The molecule has 0 saturated carbocycles. The topological polar surface area (TPSA) is 93.2 Å². The lowest BCUT2D eigenvalue weighted by atomic mass is 10.00. The second-order valence-electron chi connectivity index (χ2n) is 7.73. The van der Waals surface area contributed by atoms with Crippen LogP contribution in [0.15, 0.2) is 53.4 Å². The van der Waals surface area contributed by atoms with Crippen LogP contribution in [-0.4, -0.2) is 59.1 Å². The molecule has 0 spiro atoms. The van der Waals surface area contributed by atoms with Crippen molar-refractivity contribution in [3.63, 3.8) is 0 Å². The molecule has 176 valence electrons. The van der Waals surface area contributed by atoms with Gasteiger partial charge in [-0.3, -0.25) is 19.3 Å². The zero-order chi connectivity index (χ0) is 24.1. The standard InChI is InChI=1S/C25H24N2O6S/c1-2-32-23(29)16-33-20-10-6-5-8-18(20)13-21-24(30)27(25(31)34-21)15-22(28)26-12-11-17-7-3-4-9-19(17)14-26/h3-10,13H,2,11-12,14-16H2,1H3/b21-13-. The first-order valence-corrected chi connectivity index (χ1v) is 11.7. The Kier molecular flexibility index (Phi) is 7.32. The Morgan fingerprint density at radius 3 is 2.59 bits per heavy atom. The van der Waals surface area contributed by atoms with E-state index in [-0.39, 0.29) is 30.6 Å². The summed E-state index contributed by atoms with van der Waals surface area (Å²) in [6.45, 7) is 2.40. The van der Waals surface area contributed by atoms with Crippen molar-refractivity contribution in [2.45, 2.75) is 19.9 Å². The Balaban J connectivity index is 1.43. The summed E-state index contributed by atoms with van der Waals surface area (Å²) in [6.07, 6.45) is 2.28. The fraction of sp³-hybridized carbons (Fsp3) is 0.280. The number of hydrogen-bond acceptors (Lipinski definition) is 7. The number of hydrogen-bond donors (Lipinski definition) is 0. The fourth-order valence-corrected chi connectivity index (χ4v) is 4.62. The largest absolute Gasteiger partial charge is 0.481 e. The number of nitrogens with zero attached hydrogens (tertiary/aromatic N) is 2. The summed E-state index contributed by atoms with van der Waals surface area (Å²) in [5.41, 5.74) is 2.83. The molecular formula is C25H24N2O6S. The number of thioether (sulfide) groups is 1. The summed E-state index contributed by atoms with van der Waals surface area (Å²) in [6, 6.07) is 14.8. The normalized spacial score (nSPS) is 16.6. The van der Waals surface area contributed by atoms with E-state index in [9.17, 15) is 19.2 Å². The summed E-state index contributed by atoms with van der Waals surface area (Å²) in [4.78, 5) is 52.8. The van der Waals surface area contributed by atoms with Crippen LogP contribution < -0.4 is 4.74 Å². The molecule has 2 aromatic carbocycles. The molecule has 1 fully saturated rings.